The van der Waals surface area contributed by atoms with E-state index >= 15 is 0 Å². The fourth-order valence-electron chi connectivity index (χ4n) is 4.42. The number of rotatable bonds is 3. The van der Waals surface area contributed by atoms with Crippen molar-refractivity contribution in [2.45, 2.75) is 19.3 Å². The van der Waals surface area contributed by atoms with Gasteiger partial charge in [0.05, 0.1) is 24.2 Å². The van der Waals surface area contributed by atoms with E-state index in [1.165, 1.54) is 0 Å². The molecule has 1 atom stereocenters. The SMILES string of the molecule is N#C[C@@]1(C2CC2)CCN(c2nc(-c3cnc4[nH]ccc4c3)cn3nccc23)C1=O. The number of aromatic nitrogens is 5. The van der Waals surface area contributed by atoms with Crippen molar-refractivity contribution in [1.82, 2.24) is 24.6 Å². The molecule has 1 amide bonds. The lowest BCUT2D eigenvalue weighted by molar-refractivity contribution is -0.123. The molecule has 4 aromatic heterocycles. The summed E-state index contributed by atoms with van der Waals surface area (Å²) in [6, 6.07) is 8.15. The number of amides is 1. The van der Waals surface area contributed by atoms with Crippen LogP contribution in [0.15, 0.2) is 43.0 Å². The van der Waals surface area contributed by atoms with E-state index in [2.05, 4.69) is 21.1 Å². The maximum Gasteiger partial charge on any atom is 0.249 e. The van der Waals surface area contributed by atoms with E-state index in [9.17, 15) is 10.1 Å². The van der Waals surface area contributed by atoms with Crippen LogP contribution in [0.5, 0.6) is 0 Å². The van der Waals surface area contributed by atoms with Crippen LogP contribution in [0.4, 0.5) is 5.82 Å². The van der Waals surface area contributed by atoms with Crippen LogP contribution in [0.2, 0.25) is 0 Å². The third-order valence-corrected chi connectivity index (χ3v) is 6.15. The summed E-state index contributed by atoms with van der Waals surface area (Å²) in [6.07, 6.45) is 9.59. The zero-order valence-corrected chi connectivity index (χ0v) is 15.5. The van der Waals surface area contributed by atoms with Gasteiger partial charge in [-0.05, 0) is 43.4 Å². The Morgan fingerprint density at radius 1 is 1.31 bits per heavy atom. The first-order valence-electron chi connectivity index (χ1n) is 9.71. The van der Waals surface area contributed by atoms with Crippen LogP contribution in [-0.2, 0) is 4.79 Å². The maximum absolute atomic E-state index is 13.3. The summed E-state index contributed by atoms with van der Waals surface area (Å²) in [5, 5.41) is 15.2. The number of nitrogens with one attached hydrogen (secondary N) is 1. The lowest BCUT2D eigenvalue weighted by Gasteiger charge is -2.21. The van der Waals surface area contributed by atoms with Gasteiger partial charge in [-0.3, -0.25) is 9.69 Å². The van der Waals surface area contributed by atoms with Crippen molar-refractivity contribution in [3.05, 3.63) is 43.0 Å². The fraction of sp³-hybridized carbons (Fsp3) is 0.286. The number of anilines is 1. The molecule has 8 heteroatoms. The second-order valence-electron chi connectivity index (χ2n) is 7.81. The molecule has 29 heavy (non-hydrogen) atoms. The van der Waals surface area contributed by atoms with E-state index in [1.807, 2.05) is 30.6 Å². The average molecular weight is 383 g/mol. The predicted octanol–water partition coefficient (Wildman–Crippen LogP) is 2.93. The van der Waals surface area contributed by atoms with E-state index in [4.69, 9.17) is 4.98 Å². The van der Waals surface area contributed by atoms with Crippen molar-refractivity contribution < 1.29 is 4.79 Å². The third-order valence-electron chi connectivity index (χ3n) is 6.15. The lowest BCUT2D eigenvalue weighted by atomic mass is 9.83. The van der Waals surface area contributed by atoms with Gasteiger partial charge in [-0.15, -0.1) is 0 Å². The molecule has 0 radical (unpaired) electrons. The Kier molecular flexibility index (Phi) is 3.16. The van der Waals surface area contributed by atoms with Crippen LogP contribution in [-0.4, -0.2) is 37.0 Å². The molecular weight excluding hydrogens is 366 g/mol. The highest BCUT2D eigenvalue weighted by atomic mass is 16.2. The Labute approximate surface area is 165 Å². The minimum Gasteiger partial charge on any atom is -0.346 e. The standard InChI is InChI=1S/C21H17N7O/c22-12-21(15-1-2-15)5-8-27(20(21)29)19-17-4-7-25-28(17)11-16(26-19)14-9-13-3-6-23-18(13)24-10-14/h3-4,6-7,9-11,15H,1-2,5,8H2,(H,23,24)/t21-/m1/s1. The quantitative estimate of drug-likeness (QED) is 0.586. The summed E-state index contributed by atoms with van der Waals surface area (Å²) in [4.78, 5) is 27.3. The second kappa shape index (κ2) is 5.64. The minimum absolute atomic E-state index is 0.130. The largest absolute Gasteiger partial charge is 0.346 e. The Morgan fingerprint density at radius 3 is 3.03 bits per heavy atom. The number of nitriles is 1. The number of fused-ring (bicyclic) bond motifs is 2. The van der Waals surface area contributed by atoms with Crippen molar-refractivity contribution in [2.75, 3.05) is 11.4 Å². The number of carbonyl (C=O) groups excluding carboxylic acids is 1. The minimum atomic E-state index is -0.902. The molecule has 1 saturated heterocycles. The van der Waals surface area contributed by atoms with Crippen LogP contribution in [0.3, 0.4) is 0 Å². The zero-order chi connectivity index (χ0) is 19.6. The van der Waals surface area contributed by atoms with Gasteiger partial charge in [0.1, 0.15) is 16.6 Å². The monoisotopic (exact) mass is 383 g/mol. The molecule has 1 N–H and O–H groups in total. The van der Waals surface area contributed by atoms with E-state index in [1.54, 1.807) is 21.8 Å². The first-order chi connectivity index (χ1) is 14.2. The number of aromatic amines is 1. The normalized spacial score (nSPS) is 21.9. The molecule has 2 fully saturated rings. The van der Waals surface area contributed by atoms with Crippen molar-refractivity contribution in [3.8, 4) is 17.3 Å². The number of carbonyl (C=O) groups is 1. The molecule has 1 aliphatic carbocycles. The summed E-state index contributed by atoms with van der Waals surface area (Å²) in [5.74, 6) is 0.598. The van der Waals surface area contributed by atoms with Gasteiger partial charge in [-0.2, -0.15) is 10.4 Å². The fourth-order valence-corrected chi connectivity index (χ4v) is 4.42. The van der Waals surface area contributed by atoms with Crippen LogP contribution in [0.25, 0.3) is 27.8 Å². The number of nitrogens with zero attached hydrogens (tertiary/aromatic N) is 6. The Hall–Kier alpha value is -3.73. The van der Waals surface area contributed by atoms with Crippen molar-refractivity contribution >= 4 is 28.3 Å². The highest BCUT2D eigenvalue weighted by Crippen LogP contribution is 2.52. The maximum atomic E-state index is 13.3. The average Bonchev–Trinajstić information content (AvgIpc) is 3.17. The lowest BCUT2D eigenvalue weighted by Crippen LogP contribution is -2.36. The Bertz CT molecular complexity index is 1330. The van der Waals surface area contributed by atoms with Gasteiger partial charge in [-0.1, -0.05) is 0 Å². The number of H-pyrrole nitrogens is 1. The van der Waals surface area contributed by atoms with Crippen molar-refractivity contribution in [3.63, 3.8) is 0 Å². The van der Waals surface area contributed by atoms with Gasteiger partial charge in [0, 0.05) is 29.9 Å². The number of hydrogen-bond donors (Lipinski definition) is 1. The molecule has 1 saturated carbocycles. The van der Waals surface area contributed by atoms with Gasteiger partial charge in [0.25, 0.3) is 0 Å². The molecule has 5 heterocycles. The van der Waals surface area contributed by atoms with Gasteiger partial charge < -0.3 is 4.98 Å². The molecule has 142 valence electrons. The Morgan fingerprint density at radius 2 is 2.21 bits per heavy atom. The molecular formula is C21H17N7O. The number of pyridine rings is 1. The van der Waals surface area contributed by atoms with Crippen LogP contribution >= 0.6 is 0 Å². The van der Waals surface area contributed by atoms with Crippen LogP contribution in [0, 0.1) is 22.7 Å². The van der Waals surface area contributed by atoms with E-state index in [0.717, 1.165) is 35.0 Å². The molecule has 0 bridgehead atoms. The van der Waals surface area contributed by atoms with E-state index in [0.29, 0.717) is 24.5 Å². The van der Waals surface area contributed by atoms with Gasteiger partial charge >= 0.3 is 0 Å². The summed E-state index contributed by atoms with van der Waals surface area (Å²) in [7, 11) is 0. The first-order valence-corrected chi connectivity index (χ1v) is 9.71. The number of hydrogen-bond acceptors (Lipinski definition) is 5. The smallest absolute Gasteiger partial charge is 0.249 e. The summed E-state index contributed by atoms with van der Waals surface area (Å²) >= 11 is 0. The van der Waals surface area contributed by atoms with Gasteiger partial charge in [0.2, 0.25) is 5.91 Å². The molecule has 2 aliphatic rings. The van der Waals surface area contributed by atoms with Crippen molar-refractivity contribution in [2.24, 2.45) is 11.3 Å². The third kappa shape index (κ3) is 2.24. The van der Waals surface area contributed by atoms with Crippen molar-refractivity contribution in [1.29, 1.82) is 5.26 Å². The first kappa shape index (κ1) is 16.2. The molecule has 0 spiro atoms. The van der Waals surface area contributed by atoms with Gasteiger partial charge in [0.15, 0.2) is 5.82 Å². The molecule has 1 aliphatic heterocycles. The van der Waals surface area contributed by atoms with Crippen LogP contribution < -0.4 is 4.90 Å². The molecule has 6 rings (SSSR count). The second-order valence-corrected chi connectivity index (χ2v) is 7.81. The topological polar surface area (TPSA) is 103 Å². The van der Waals surface area contributed by atoms with E-state index in [-0.39, 0.29) is 11.8 Å². The van der Waals surface area contributed by atoms with E-state index < -0.39 is 5.41 Å². The molecule has 4 aromatic rings. The summed E-state index contributed by atoms with van der Waals surface area (Å²) < 4.78 is 1.73. The highest BCUT2D eigenvalue weighted by molar-refractivity contribution is 6.04. The van der Waals surface area contributed by atoms with Gasteiger partial charge in [-0.25, -0.2) is 14.5 Å². The molecule has 0 unspecified atom stereocenters. The predicted molar refractivity (Wildman–Crippen MR) is 106 cm³/mol. The highest BCUT2D eigenvalue weighted by Gasteiger charge is 2.57. The van der Waals surface area contributed by atoms with Crippen LogP contribution in [0.1, 0.15) is 19.3 Å². The molecule has 8 nitrogen and oxygen atoms in total. The summed E-state index contributed by atoms with van der Waals surface area (Å²) in [5.41, 5.74) is 2.19. The summed E-state index contributed by atoms with van der Waals surface area (Å²) in [6.45, 7) is 0.495. The Balaban J connectivity index is 1.49. The zero-order valence-electron chi connectivity index (χ0n) is 15.5. The molecule has 0 aromatic carbocycles.